The van der Waals surface area contributed by atoms with Crippen molar-refractivity contribution in [1.82, 2.24) is 10.6 Å². The molecule has 1 aliphatic carbocycles. The zero-order chi connectivity index (χ0) is 20.0. The molecule has 1 fully saturated rings. The molecule has 0 aliphatic heterocycles. The largest absolute Gasteiger partial charge is 0.493 e. The Balaban J connectivity index is 0.00000420. The summed E-state index contributed by atoms with van der Waals surface area (Å²) in [6.45, 7) is 3.42. The molecule has 7 nitrogen and oxygen atoms in total. The average Bonchev–Trinajstić information content (AvgIpc) is 3.23. The van der Waals surface area contributed by atoms with Crippen LogP contribution in [0.1, 0.15) is 37.7 Å². The molecule has 0 aromatic heterocycles. The molecule has 0 unspecified atom stereocenters. The number of methoxy groups -OCH3 is 2. The van der Waals surface area contributed by atoms with Gasteiger partial charge in [-0.25, -0.2) is 0 Å². The number of nitrogens with zero attached hydrogens (tertiary/aromatic N) is 1. The molecule has 8 heteroatoms. The van der Waals surface area contributed by atoms with Gasteiger partial charge in [-0.1, -0.05) is 6.07 Å². The Bertz CT molecular complexity index is 595. The van der Waals surface area contributed by atoms with Crippen LogP contribution in [0.5, 0.6) is 11.5 Å². The number of guanidine groups is 1. The van der Waals surface area contributed by atoms with Crippen molar-refractivity contribution in [2.75, 3.05) is 47.6 Å². The third kappa shape index (κ3) is 9.86. The Labute approximate surface area is 191 Å². The molecule has 1 aromatic carbocycles. The van der Waals surface area contributed by atoms with Gasteiger partial charge in [0, 0.05) is 33.9 Å². The van der Waals surface area contributed by atoms with Crippen LogP contribution in [0.3, 0.4) is 0 Å². The highest BCUT2D eigenvalue weighted by Crippen LogP contribution is 2.32. The molecule has 0 atom stereocenters. The van der Waals surface area contributed by atoms with E-state index in [0.29, 0.717) is 32.5 Å². The molecule has 0 bridgehead atoms. The first kappa shape index (κ1) is 25.8. The van der Waals surface area contributed by atoms with E-state index >= 15 is 0 Å². The molecule has 1 saturated carbocycles. The van der Waals surface area contributed by atoms with Crippen molar-refractivity contribution in [2.24, 2.45) is 4.99 Å². The summed E-state index contributed by atoms with van der Waals surface area (Å²) in [4.78, 5) is 4.27. The second-order valence-corrected chi connectivity index (χ2v) is 6.82. The first-order valence-corrected chi connectivity index (χ1v) is 10.1. The van der Waals surface area contributed by atoms with Gasteiger partial charge in [-0.15, -0.1) is 24.0 Å². The maximum absolute atomic E-state index is 6.17. The summed E-state index contributed by atoms with van der Waals surface area (Å²) in [5.74, 6) is 2.38. The van der Waals surface area contributed by atoms with Crippen LogP contribution in [-0.4, -0.2) is 59.7 Å². The van der Waals surface area contributed by atoms with Gasteiger partial charge >= 0.3 is 0 Å². The quantitative estimate of drug-likeness (QED) is 0.190. The van der Waals surface area contributed by atoms with Crippen molar-refractivity contribution < 1.29 is 18.9 Å². The van der Waals surface area contributed by atoms with E-state index in [4.69, 9.17) is 18.9 Å². The maximum atomic E-state index is 6.17. The van der Waals surface area contributed by atoms with Crippen molar-refractivity contribution in [3.63, 3.8) is 0 Å². The van der Waals surface area contributed by atoms with E-state index in [-0.39, 0.29) is 24.0 Å². The molecule has 0 saturated heterocycles. The zero-order valence-corrected chi connectivity index (χ0v) is 20.2. The minimum atomic E-state index is 0. The molecule has 2 rings (SSSR count). The van der Waals surface area contributed by atoms with Gasteiger partial charge in [0.1, 0.15) is 0 Å². The number of hydrogen-bond donors (Lipinski definition) is 2. The van der Waals surface area contributed by atoms with E-state index in [1.807, 2.05) is 12.1 Å². The van der Waals surface area contributed by atoms with E-state index in [1.165, 1.54) is 12.8 Å². The van der Waals surface area contributed by atoms with Crippen molar-refractivity contribution in [3.8, 4) is 11.5 Å². The van der Waals surface area contributed by atoms with Gasteiger partial charge in [-0.3, -0.25) is 4.99 Å². The fourth-order valence-corrected chi connectivity index (χ4v) is 3.14. The van der Waals surface area contributed by atoms with E-state index in [1.54, 1.807) is 21.3 Å². The maximum Gasteiger partial charge on any atom is 0.191 e. The van der Waals surface area contributed by atoms with E-state index in [9.17, 15) is 0 Å². The van der Waals surface area contributed by atoms with Crippen LogP contribution in [-0.2, 0) is 16.0 Å². The lowest BCUT2D eigenvalue weighted by atomic mass is 10.2. The number of hydrogen-bond acceptors (Lipinski definition) is 5. The van der Waals surface area contributed by atoms with E-state index in [2.05, 4.69) is 21.7 Å². The highest BCUT2D eigenvalue weighted by atomic mass is 127. The van der Waals surface area contributed by atoms with Crippen molar-refractivity contribution in [2.45, 2.75) is 44.8 Å². The minimum Gasteiger partial charge on any atom is -0.493 e. The highest BCUT2D eigenvalue weighted by Gasteiger charge is 2.18. The topological polar surface area (TPSA) is 73.3 Å². The second-order valence-electron chi connectivity index (χ2n) is 6.82. The Kier molecular flexibility index (Phi) is 13.8. The SMILES string of the molecule is CN=C(NCCCOCCOC)NCc1ccc(OC)c(OC2CCCC2)c1.I. The number of nitrogens with one attached hydrogen (secondary N) is 2. The van der Waals surface area contributed by atoms with Crippen LogP contribution in [0.25, 0.3) is 0 Å². The predicted octanol–water partition coefficient (Wildman–Crippen LogP) is 3.35. The molecule has 1 aromatic rings. The molecular weight excluding hydrogens is 485 g/mol. The smallest absolute Gasteiger partial charge is 0.191 e. The lowest BCUT2D eigenvalue weighted by molar-refractivity contribution is 0.0698. The van der Waals surface area contributed by atoms with Crippen molar-refractivity contribution in [1.29, 1.82) is 0 Å². The number of ether oxygens (including phenoxy) is 4. The summed E-state index contributed by atoms with van der Waals surface area (Å²) in [6.07, 6.45) is 5.94. The first-order valence-electron chi connectivity index (χ1n) is 10.1. The van der Waals surface area contributed by atoms with Gasteiger partial charge in [-0.05, 0) is 49.8 Å². The van der Waals surface area contributed by atoms with Gasteiger partial charge in [-0.2, -0.15) is 0 Å². The second kappa shape index (κ2) is 15.6. The summed E-state index contributed by atoms with van der Waals surface area (Å²) >= 11 is 0. The van der Waals surface area contributed by atoms with E-state index in [0.717, 1.165) is 48.8 Å². The molecule has 2 N–H and O–H groups in total. The van der Waals surface area contributed by atoms with Gasteiger partial charge < -0.3 is 29.6 Å². The third-order valence-electron chi connectivity index (χ3n) is 4.70. The van der Waals surface area contributed by atoms with Crippen LogP contribution in [0.4, 0.5) is 0 Å². The lowest BCUT2D eigenvalue weighted by Crippen LogP contribution is -2.37. The Morgan fingerprint density at radius 3 is 2.55 bits per heavy atom. The van der Waals surface area contributed by atoms with Crippen LogP contribution in [0.15, 0.2) is 23.2 Å². The monoisotopic (exact) mass is 521 g/mol. The van der Waals surface area contributed by atoms with Crippen molar-refractivity contribution >= 4 is 29.9 Å². The minimum absolute atomic E-state index is 0. The van der Waals surface area contributed by atoms with Gasteiger partial charge in [0.2, 0.25) is 0 Å². The molecule has 0 radical (unpaired) electrons. The molecule has 29 heavy (non-hydrogen) atoms. The number of aliphatic imine (C=N–C) groups is 1. The van der Waals surface area contributed by atoms with Gasteiger partial charge in [0.25, 0.3) is 0 Å². The van der Waals surface area contributed by atoms with Gasteiger partial charge in [0.15, 0.2) is 17.5 Å². The highest BCUT2D eigenvalue weighted by molar-refractivity contribution is 14.0. The summed E-state index contributed by atoms with van der Waals surface area (Å²) in [5.41, 5.74) is 1.12. The lowest BCUT2D eigenvalue weighted by Gasteiger charge is -2.17. The molecule has 0 amide bonds. The Morgan fingerprint density at radius 1 is 1.07 bits per heavy atom. The molecule has 0 heterocycles. The fraction of sp³-hybridized carbons (Fsp3) is 0.667. The summed E-state index contributed by atoms with van der Waals surface area (Å²) < 4.78 is 22.0. The predicted molar refractivity (Wildman–Crippen MR) is 127 cm³/mol. The average molecular weight is 521 g/mol. The molecule has 166 valence electrons. The number of benzene rings is 1. The van der Waals surface area contributed by atoms with Crippen molar-refractivity contribution in [3.05, 3.63) is 23.8 Å². The standard InChI is InChI=1S/C21H35N3O4.HI/c1-22-21(23-11-6-12-27-14-13-25-2)24-16-17-9-10-19(26-3)20(15-17)28-18-7-4-5-8-18;/h9-10,15,18H,4-8,11-14,16H2,1-3H3,(H2,22,23,24);1H. The third-order valence-corrected chi connectivity index (χ3v) is 4.70. The van der Waals surface area contributed by atoms with Crippen LogP contribution < -0.4 is 20.1 Å². The number of halogens is 1. The van der Waals surface area contributed by atoms with Gasteiger partial charge in [0.05, 0.1) is 26.4 Å². The molecule has 1 aliphatic rings. The first-order chi connectivity index (χ1) is 13.8. The molecular formula is C21H36IN3O4. The van der Waals surface area contributed by atoms with Crippen LogP contribution >= 0.6 is 24.0 Å². The zero-order valence-electron chi connectivity index (χ0n) is 17.9. The summed E-state index contributed by atoms with van der Waals surface area (Å²) in [6, 6.07) is 6.07. The number of rotatable bonds is 12. The van der Waals surface area contributed by atoms with Crippen LogP contribution in [0, 0.1) is 0 Å². The fourth-order valence-electron chi connectivity index (χ4n) is 3.14. The van der Waals surface area contributed by atoms with E-state index < -0.39 is 0 Å². The Hall–Kier alpha value is -1.26. The Morgan fingerprint density at radius 2 is 1.86 bits per heavy atom. The molecule has 0 spiro atoms. The summed E-state index contributed by atoms with van der Waals surface area (Å²) in [7, 11) is 5.12. The normalized spacial score (nSPS) is 14.4. The van der Waals surface area contributed by atoms with Crippen LogP contribution in [0.2, 0.25) is 0 Å². The summed E-state index contributed by atoms with van der Waals surface area (Å²) in [5, 5.41) is 6.64.